The van der Waals surface area contributed by atoms with E-state index < -0.39 is 0 Å². The number of carbonyl (C=O) groups excluding carboxylic acids is 1. The van der Waals surface area contributed by atoms with Crippen molar-refractivity contribution >= 4 is 16.8 Å². The van der Waals surface area contributed by atoms with Gasteiger partial charge in [0.05, 0.1) is 6.04 Å². The number of rotatable bonds is 3. The Morgan fingerprint density at radius 3 is 2.72 bits per heavy atom. The molecule has 1 aliphatic rings. The van der Waals surface area contributed by atoms with Crippen LogP contribution in [0, 0.1) is 0 Å². The van der Waals surface area contributed by atoms with Gasteiger partial charge < -0.3 is 19.9 Å². The summed E-state index contributed by atoms with van der Waals surface area (Å²) in [5.41, 5.74) is 4.77. The molecule has 5 heteroatoms. The second-order valence-corrected chi connectivity index (χ2v) is 6.89. The zero-order chi connectivity index (χ0) is 17.7. The molecule has 0 fully saturated rings. The molecule has 2 heterocycles. The summed E-state index contributed by atoms with van der Waals surface area (Å²) in [6.45, 7) is 0.747. The lowest BCUT2D eigenvalue weighted by Crippen LogP contribution is -2.25. The third-order valence-electron chi connectivity index (χ3n) is 4.84. The number of hydrogen-bond donors (Lipinski definition) is 2. The summed E-state index contributed by atoms with van der Waals surface area (Å²) >= 11 is 0. The van der Waals surface area contributed by atoms with Gasteiger partial charge in [-0.2, -0.15) is 0 Å². The van der Waals surface area contributed by atoms with Gasteiger partial charge in [0.15, 0.2) is 0 Å². The molecular formula is C20H21N3O2. The van der Waals surface area contributed by atoms with Crippen molar-refractivity contribution in [3.63, 3.8) is 0 Å². The highest BCUT2D eigenvalue weighted by atomic mass is 16.3. The van der Waals surface area contributed by atoms with Crippen LogP contribution < -0.4 is 0 Å². The molecule has 25 heavy (non-hydrogen) atoms. The van der Waals surface area contributed by atoms with E-state index in [0.29, 0.717) is 5.56 Å². The molecule has 0 spiro atoms. The molecule has 0 saturated heterocycles. The van der Waals surface area contributed by atoms with Crippen LogP contribution in [-0.2, 0) is 6.54 Å². The zero-order valence-corrected chi connectivity index (χ0v) is 14.6. The molecular weight excluding hydrogens is 314 g/mol. The normalized spacial score (nSPS) is 16.9. The van der Waals surface area contributed by atoms with Crippen molar-refractivity contribution in [3.05, 3.63) is 64.8 Å². The summed E-state index contributed by atoms with van der Waals surface area (Å²) < 4.78 is 0. The maximum absolute atomic E-state index is 12.7. The van der Waals surface area contributed by atoms with Crippen molar-refractivity contribution in [1.29, 1.82) is 0 Å². The van der Waals surface area contributed by atoms with Gasteiger partial charge in [-0.05, 0) is 43.9 Å². The highest BCUT2D eigenvalue weighted by Gasteiger charge is 2.38. The number of nitrogens with zero attached hydrogens (tertiary/aromatic N) is 2. The number of H-pyrrole nitrogens is 1. The molecule has 0 radical (unpaired) electrons. The third-order valence-corrected chi connectivity index (χ3v) is 4.84. The Morgan fingerprint density at radius 2 is 1.96 bits per heavy atom. The first-order valence-electron chi connectivity index (χ1n) is 8.31. The van der Waals surface area contributed by atoms with Crippen LogP contribution in [0.15, 0.2) is 42.5 Å². The standard InChI is InChI=1S/C20H21N3O2/c1-22(2)11-17-18(14-6-4-5-7-16(14)21-17)19-15-10-12(24)8-9-13(15)20(25)23(19)3/h4-10,19,21,24H,11H2,1-3H3/t19-/m0/s1. The fourth-order valence-corrected chi connectivity index (χ4v) is 3.81. The fourth-order valence-electron chi connectivity index (χ4n) is 3.81. The average molecular weight is 335 g/mol. The smallest absolute Gasteiger partial charge is 0.254 e. The van der Waals surface area contributed by atoms with Gasteiger partial charge in [0.1, 0.15) is 5.75 Å². The summed E-state index contributed by atoms with van der Waals surface area (Å²) in [6, 6.07) is 12.9. The number of phenolic OH excluding ortho intramolecular Hbond substituents is 1. The molecule has 128 valence electrons. The lowest BCUT2D eigenvalue weighted by atomic mass is 9.95. The topological polar surface area (TPSA) is 59.6 Å². The van der Waals surface area contributed by atoms with E-state index in [1.807, 2.05) is 33.3 Å². The Balaban J connectivity index is 1.98. The van der Waals surface area contributed by atoms with Gasteiger partial charge in [-0.15, -0.1) is 0 Å². The number of nitrogens with one attached hydrogen (secondary N) is 1. The molecule has 1 aromatic heterocycles. The van der Waals surface area contributed by atoms with Crippen LogP contribution in [0.4, 0.5) is 0 Å². The van der Waals surface area contributed by atoms with E-state index in [2.05, 4.69) is 22.0 Å². The number of hydrogen-bond acceptors (Lipinski definition) is 3. The highest BCUT2D eigenvalue weighted by molar-refractivity contribution is 6.01. The second-order valence-electron chi connectivity index (χ2n) is 6.89. The molecule has 0 saturated carbocycles. The number of amides is 1. The van der Waals surface area contributed by atoms with Gasteiger partial charge >= 0.3 is 0 Å². The van der Waals surface area contributed by atoms with E-state index in [4.69, 9.17) is 0 Å². The van der Waals surface area contributed by atoms with Crippen molar-refractivity contribution in [2.75, 3.05) is 21.1 Å². The molecule has 1 aliphatic heterocycles. The SMILES string of the molecule is CN(C)Cc1[nH]c2ccccc2c1[C@@H]1c2cc(O)ccc2C(=O)N1C. The van der Waals surface area contributed by atoms with Crippen LogP contribution in [0.5, 0.6) is 5.75 Å². The first-order chi connectivity index (χ1) is 12.0. The van der Waals surface area contributed by atoms with E-state index in [1.54, 1.807) is 23.1 Å². The Bertz CT molecular complexity index is 974. The average Bonchev–Trinajstić information content (AvgIpc) is 3.02. The molecule has 1 atom stereocenters. The van der Waals surface area contributed by atoms with Gasteiger partial charge in [0.2, 0.25) is 0 Å². The Kier molecular flexibility index (Phi) is 3.54. The van der Waals surface area contributed by atoms with E-state index >= 15 is 0 Å². The summed E-state index contributed by atoms with van der Waals surface area (Å²) in [5.74, 6) is 0.168. The van der Waals surface area contributed by atoms with Gasteiger partial charge in [0.25, 0.3) is 5.91 Å². The number of aromatic hydroxyl groups is 1. The lowest BCUT2D eigenvalue weighted by Gasteiger charge is -2.23. The lowest BCUT2D eigenvalue weighted by molar-refractivity contribution is 0.0793. The van der Waals surface area contributed by atoms with E-state index in [-0.39, 0.29) is 17.7 Å². The van der Waals surface area contributed by atoms with Crippen LogP contribution >= 0.6 is 0 Å². The van der Waals surface area contributed by atoms with Gasteiger partial charge in [-0.1, -0.05) is 18.2 Å². The molecule has 2 N–H and O–H groups in total. The molecule has 0 aliphatic carbocycles. The first kappa shape index (κ1) is 15.7. The van der Waals surface area contributed by atoms with Gasteiger partial charge in [0, 0.05) is 41.3 Å². The van der Waals surface area contributed by atoms with Crippen molar-refractivity contribution in [1.82, 2.24) is 14.8 Å². The largest absolute Gasteiger partial charge is 0.508 e. The molecule has 2 aromatic carbocycles. The Hall–Kier alpha value is -2.79. The molecule has 1 amide bonds. The van der Waals surface area contributed by atoms with E-state index in [0.717, 1.165) is 34.3 Å². The number of fused-ring (bicyclic) bond motifs is 2. The number of para-hydroxylation sites is 1. The summed E-state index contributed by atoms with van der Waals surface area (Å²) in [4.78, 5) is 20.1. The monoisotopic (exact) mass is 335 g/mol. The van der Waals surface area contributed by atoms with Crippen LogP contribution in [0.2, 0.25) is 0 Å². The predicted molar refractivity (Wildman–Crippen MR) is 97.7 cm³/mol. The third kappa shape index (κ3) is 2.39. The summed E-state index contributed by atoms with van der Waals surface area (Å²) in [5, 5.41) is 11.1. The number of aromatic amines is 1. The summed E-state index contributed by atoms with van der Waals surface area (Å²) in [7, 11) is 5.88. The number of benzene rings is 2. The van der Waals surface area contributed by atoms with Crippen LogP contribution in [0.25, 0.3) is 10.9 Å². The van der Waals surface area contributed by atoms with Crippen LogP contribution in [0.3, 0.4) is 0 Å². The van der Waals surface area contributed by atoms with Crippen LogP contribution in [0.1, 0.15) is 33.2 Å². The van der Waals surface area contributed by atoms with Crippen LogP contribution in [-0.4, -0.2) is 46.9 Å². The molecule has 3 aromatic rings. The van der Waals surface area contributed by atoms with E-state index in [1.165, 1.54) is 0 Å². The highest BCUT2D eigenvalue weighted by Crippen LogP contribution is 2.43. The van der Waals surface area contributed by atoms with Crippen molar-refractivity contribution in [2.45, 2.75) is 12.6 Å². The first-order valence-corrected chi connectivity index (χ1v) is 8.31. The molecule has 5 nitrogen and oxygen atoms in total. The predicted octanol–water partition coefficient (Wildman–Crippen LogP) is 3.11. The molecule has 0 bridgehead atoms. The second kappa shape index (κ2) is 5.63. The van der Waals surface area contributed by atoms with Crippen molar-refractivity contribution < 1.29 is 9.90 Å². The maximum atomic E-state index is 12.7. The maximum Gasteiger partial charge on any atom is 0.254 e. The number of aromatic nitrogens is 1. The Labute approximate surface area is 146 Å². The summed E-state index contributed by atoms with van der Waals surface area (Å²) in [6.07, 6.45) is 0. The fraction of sp³-hybridized carbons (Fsp3) is 0.250. The number of phenols is 1. The van der Waals surface area contributed by atoms with Gasteiger partial charge in [-0.25, -0.2) is 0 Å². The molecule has 4 rings (SSSR count). The molecule has 0 unspecified atom stereocenters. The minimum atomic E-state index is -0.208. The van der Waals surface area contributed by atoms with Crippen molar-refractivity contribution in [3.8, 4) is 5.75 Å². The Morgan fingerprint density at radius 1 is 1.20 bits per heavy atom. The number of carbonyl (C=O) groups is 1. The van der Waals surface area contributed by atoms with Crippen molar-refractivity contribution in [2.24, 2.45) is 0 Å². The minimum Gasteiger partial charge on any atom is -0.508 e. The zero-order valence-electron chi connectivity index (χ0n) is 14.6. The van der Waals surface area contributed by atoms with Gasteiger partial charge in [-0.3, -0.25) is 4.79 Å². The quantitative estimate of drug-likeness (QED) is 0.773. The van der Waals surface area contributed by atoms with E-state index in [9.17, 15) is 9.90 Å². The minimum absolute atomic E-state index is 0.0129.